The minimum Gasteiger partial charge on any atom is -0.497 e. The Hall–Kier alpha value is -2.75. The van der Waals surface area contributed by atoms with E-state index in [9.17, 15) is 4.79 Å². The molecule has 4 nitrogen and oxygen atoms in total. The molecule has 0 aliphatic rings. The molecular weight excluding hydrogens is 280 g/mol. The maximum atomic E-state index is 11.9. The molecule has 0 saturated carbocycles. The first-order valence-electron chi connectivity index (χ1n) is 6.81. The van der Waals surface area contributed by atoms with E-state index in [0.29, 0.717) is 5.75 Å². The average molecular weight is 298 g/mol. The fourth-order valence-electron chi connectivity index (χ4n) is 1.82. The van der Waals surface area contributed by atoms with Gasteiger partial charge < -0.3 is 14.2 Å². The van der Waals surface area contributed by atoms with Crippen LogP contribution in [0.5, 0.6) is 11.5 Å². The Kier molecular flexibility index (Phi) is 5.20. The molecule has 0 aromatic heterocycles. The molecule has 0 saturated heterocycles. The molecule has 0 bridgehead atoms. The van der Waals surface area contributed by atoms with Gasteiger partial charge in [-0.2, -0.15) is 0 Å². The Balaban J connectivity index is 2.26. The van der Waals surface area contributed by atoms with Gasteiger partial charge in [0.1, 0.15) is 11.5 Å². The number of carbonyl (C=O) groups excluding carboxylic acids is 1. The van der Waals surface area contributed by atoms with Gasteiger partial charge in [-0.15, -0.1) is 0 Å². The van der Waals surface area contributed by atoms with Crippen LogP contribution in [0.1, 0.15) is 11.1 Å². The summed E-state index contributed by atoms with van der Waals surface area (Å²) in [6.45, 7) is 1.98. The number of ether oxygens (including phenoxy) is 3. The molecule has 2 rings (SSSR count). The smallest absolute Gasteiger partial charge is 0.373 e. The molecule has 0 unspecified atom stereocenters. The molecular formula is C18H18O4. The monoisotopic (exact) mass is 298 g/mol. The van der Waals surface area contributed by atoms with Crippen molar-refractivity contribution in [3.63, 3.8) is 0 Å². The van der Waals surface area contributed by atoms with Gasteiger partial charge in [0.25, 0.3) is 0 Å². The van der Waals surface area contributed by atoms with Crippen molar-refractivity contribution in [1.29, 1.82) is 0 Å². The van der Waals surface area contributed by atoms with E-state index in [-0.39, 0.29) is 5.76 Å². The van der Waals surface area contributed by atoms with Crippen molar-refractivity contribution in [2.75, 3.05) is 14.2 Å². The van der Waals surface area contributed by atoms with Crippen LogP contribution in [-0.4, -0.2) is 20.2 Å². The van der Waals surface area contributed by atoms with Crippen LogP contribution >= 0.6 is 0 Å². The Morgan fingerprint density at radius 2 is 1.50 bits per heavy atom. The molecule has 0 amide bonds. The number of carbonyl (C=O) groups is 1. The zero-order valence-electron chi connectivity index (χ0n) is 12.8. The van der Waals surface area contributed by atoms with Crippen LogP contribution in [0.3, 0.4) is 0 Å². The highest BCUT2D eigenvalue weighted by Gasteiger charge is 2.12. The van der Waals surface area contributed by atoms with Crippen LogP contribution in [0, 0.1) is 6.92 Å². The first-order valence-corrected chi connectivity index (χ1v) is 6.81. The fraction of sp³-hybridized carbons (Fsp3) is 0.167. The number of rotatable bonds is 5. The molecule has 114 valence electrons. The number of hydrogen-bond donors (Lipinski definition) is 0. The predicted octanol–water partition coefficient (Wildman–Crippen LogP) is 3.60. The van der Waals surface area contributed by atoms with Gasteiger partial charge >= 0.3 is 5.97 Å². The van der Waals surface area contributed by atoms with Crippen LogP contribution in [0.4, 0.5) is 0 Å². The summed E-state index contributed by atoms with van der Waals surface area (Å²) in [7, 11) is 2.92. The lowest BCUT2D eigenvalue weighted by atomic mass is 10.2. The van der Waals surface area contributed by atoms with Gasteiger partial charge in [-0.25, -0.2) is 4.79 Å². The van der Waals surface area contributed by atoms with Crippen molar-refractivity contribution in [3.8, 4) is 11.5 Å². The summed E-state index contributed by atoms with van der Waals surface area (Å²) in [5, 5.41) is 0. The molecule has 2 aromatic carbocycles. The van der Waals surface area contributed by atoms with Gasteiger partial charge in [0.15, 0.2) is 0 Å². The van der Waals surface area contributed by atoms with E-state index >= 15 is 0 Å². The number of benzene rings is 2. The van der Waals surface area contributed by atoms with Crippen LogP contribution in [0.15, 0.2) is 54.3 Å². The highest BCUT2D eigenvalue weighted by Crippen LogP contribution is 2.19. The molecule has 4 heteroatoms. The quantitative estimate of drug-likeness (QED) is 0.480. The van der Waals surface area contributed by atoms with E-state index in [1.165, 1.54) is 7.11 Å². The second-order valence-corrected chi connectivity index (χ2v) is 4.69. The van der Waals surface area contributed by atoms with E-state index in [4.69, 9.17) is 14.2 Å². The van der Waals surface area contributed by atoms with E-state index in [2.05, 4.69) is 0 Å². The van der Waals surface area contributed by atoms with Gasteiger partial charge in [0.05, 0.1) is 14.2 Å². The number of hydrogen-bond acceptors (Lipinski definition) is 4. The number of methoxy groups -OCH3 is 2. The predicted molar refractivity (Wildman–Crippen MR) is 84.8 cm³/mol. The molecule has 0 radical (unpaired) electrons. The normalized spacial score (nSPS) is 11.0. The highest BCUT2D eigenvalue weighted by molar-refractivity contribution is 5.91. The standard InChI is InChI=1S/C18H18O4/c1-13-4-8-16(9-5-13)22-17(18(19)21-3)12-14-6-10-15(20-2)11-7-14/h4-12H,1-3H3/b17-12-. The summed E-state index contributed by atoms with van der Waals surface area (Å²) in [4.78, 5) is 11.9. The second kappa shape index (κ2) is 7.31. The molecule has 0 aliphatic carbocycles. The summed E-state index contributed by atoms with van der Waals surface area (Å²) in [6.07, 6.45) is 1.63. The summed E-state index contributed by atoms with van der Waals surface area (Å²) in [5.41, 5.74) is 1.93. The molecule has 2 aromatic rings. The molecule has 0 fully saturated rings. The van der Waals surface area contributed by atoms with Crippen LogP contribution in [0.25, 0.3) is 6.08 Å². The van der Waals surface area contributed by atoms with Gasteiger partial charge in [-0.3, -0.25) is 0 Å². The van der Waals surface area contributed by atoms with Crippen LogP contribution < -0.4 is 9.47 Å². The van der Waals surface area contributed by atoms with Crippen molar-refractivity contribution < 1.29 is 19.0 Å². The molecule has 0 spiro atoms. The first kappa shape index (κ1) is 15.6. The number of esters is 1. The summed E-state index contributed by atoms with van der Waals surface area (Å²) in [5.74, 6) is 0.917. The third-order valence-corrected chi connectivity index (χ3v) is 3.05. The van der Waals surface area contributed by atoms with Crippen molar-refractivity contribution in [2.24, 2.45) is 0 Å². The van der Waals surface area contributed by atoms with Crippen molar-refractivity contribution in [2.45, 2.75) is 6.92 Å². The Morgan fingerprint density at radius 1 is 0.909 bits per heavy atom. The summed E-state index contributed by atoms with van der Waals surface area (Å²) >= 11 is 0. The first-order chi connectivity index (χ1) is 10.6. The highest BCUT2D eigenvalue weighted by atomic mass is 16.6. The Labute approximate surface area is 129 Å². The lowest BCUT2D eigenvalue weighted by Gasteiger charge is -2.09. The molecule has 0 heterocycles. The van der Waals surface area contributed by atoms with Gasteiger partial charge in [0, 0.05) is 0 Å². The molecule has 0 N–H and O–H groups in total. The lowest BCUT2D eigenvalue weighted by molar-refractivity contribution is -0.138. The second-order valence-electron chi connectivity index (χ2n) is 4.69. The molecule has 0 atom stereocenters. The zero-order chi connectivity index (χ0) is 15.9. The minimum atomic E-state index is -0.531. The summed E-state index contributed by atoms with van der Waals surface area (Å²) < 4.78 is 15.5. The minimum absolute atomic E-state index is 0.122. The molecule has 0 aliphatic heterocycles. The SMILES string of the molecule is COC(=O)/C(=C/c1ccc(OC)cc1)Oc1ccc(C)cc1. The Morgan fingerprint density at radius 3 is 2.05 bits per heavy atom. The Bertz CT molecular complexity index is 654. The number of aryl methyl sites for hydroxylation is 1. The maximum Gasteiger partial charge on any atom is 0.373 e. The average Bonchev–Trinajstić information content (AvgIpc) is 2.56. The van der Waals surface area contributed by atoms with Crippen molar-refractivity contribution >= 4 is 12.0 Å². The van der Waals surface area contributed by atoms with E-state index in [0.717, 1.165) is 16.9 Å². The van der Waals surface area contributed by atoms with Crippen molar-refractivity contribution in [3.05, 3.63) is 65.4 Å². The third kappa shape index (κ3) is 4.12. The van der Waals surface area contributed by atoms with Crippen LogP contribution in [-0.2, 0) is 9.53 Å². The topological polar surface area (TPSA) is 44.8 Å². The summed E-state index contributed by atoms with van der Waals surface area (Å²) in [6, 6.07) is 14.7. The zero-order valence-corrected chi connectivity index (χ0v) is 12.8. The van der Waals surface area contributed by atoms with Gasteiger partial charge in [-0.05, 0) is 42.8 Å². The van der Waals surface area contributed by atoms with E-state index in [1.807, 2.05) is 43.3 Å². The molecule has 22 heavy (non-hydrogen) atoms. The third-order valence-electron chi connectivity index (χ3n) is 3.05. The van der Waals surface area contributed by atoms with Crippen LogP contribution in [0.2, 0.25) is 0 Å². The van der Waals surface area contributed by atoms with Gasteiger partial charge in [0.2, 0.25) is 5.76 Å². The van der Waals surface area contributed by atoms with Crippen molar-refractivity contribution in [1.82, 2.24) is 0 Å². The van der Waals surface area contributed by atoms with Gasteiger partial charge in [-0.1, -0.05) is 29.8 Å². The van der Waals surface area contributed by atoms with E-state index < -0.39 is 5.97 Å². The largest absolute Gasteiger partial charge is 0.497 e. The lowest BCUT2D eigenvalue weighted by Crippen LogP contribution is -2.10. The van der Waals surface area contributed by atoms with E-state index in [1.54, 1.807) is 25.3 Å². The maximum absolute atomic E-state index is 11.9. The fourth-order valence-corrected chi connectivity index (χ4v) is 1.82.